The second-order valence-electron chi connectivity index (χ2n) is 1.55. The lowest BCUT2D eigenvalue weighted by atomic mass is 10.3. The summed E-state index contributed by atoms with van der Waals surface area (Å²) in [6, 6.07) is 1.99. The van der Waals surface area contributed by atoms with E-state index in [2.05, 4.69) is 4.74 Å². The van der Waals surface area contributed by atoms with Crippen LogP contribution in [0.25, 0.3) is 0 Å². The van der Waals surface area contributed by atoms with Gasteiger partial charge in [0.25, 0.3) is 0 Å². The van der Waals surface area contributed by atoms with Crippen LogP contribution >= 0.6 is 0 Å². The Morgan fingerprint density at radius 2 is 2.22 bits per heavy atom. The summed E-state index contributed by atoms with van der Waals surface area (Å²) in [7, 11) is 0. The van der Waals surface area contributed by atoms with Crippen molar-refractivity contribution in [2.75, 3.05) is 6.61 Å². The van der Waals surface area contributed by atoms with Crippen molar-refractivity contribution < 1.29 is 9.53 Å². The van der Waals surface area contributed by atoms with Gasteiger partial charge in [0.05, 0.1) is 12.7 Å². The van der Waals surface area contributed by atoms with E-state index in [9.17, 15) is 4.79 Å². The monoisotopic (exact) mass is 126 g/mol. The zero-order chi connectivity index (χ0) is 6.95. The fraction of sp³-hybridized carbons (Fsp3) is 0.667. The van der Waals surface area contributed by atoms with Gasteiger partial charge in [0.1, 0.15) is 0 Å². The van der Waals surface area contributed by atoms with E-state index in [-0.39, 0.29) is 0 Å². The van der Waals surface area contributed by atoms with Gasteiger partial charge in [-0.05, 0) is 12.8 Å². The van der Waals surface area contributed by atoms with Crippen molar-refractivity contribution in [1.82, 2.24) is 0 Å². The summed E-state index contributed by atoms with van der Waals surface area (Å²) >= 11 is 0. The summed E-state index contributed by atoms with van der Waals surface area (Å²) in [5.74, 6) is 0. The molecule has 0 unspecified atom stereocenters. The first kappa shape index (κ1) is 7.96. The molecule has 0 N–H and O–H groups in total. The molecular weight excluding hydrogens is 118 g/mol. The second-order valence-corrected chi connectivity index (χ2v) is 1.55. The summed E-state index contributed by atoms with van der Waals surface area (Å²) in [6.07, 6.45) is 2.07. The molecule has 0 fully saturated rings. The van der Waals surface area contributed by atoms with Crippen LogP contribution in [0.1, 0.15) is 19.3 Å². The number of ether oxygens (including phenoxy) is 1. The molecule has 0 heterocycles. The molecule has 0 aromatic heterocycles. The lowest BCUT2D eigenvalue weighted by molar-refractivity contribution is 0.271. The summed E-state index contributed by atoms with van der Waals surface area (Å²) < 4.78 is 4.27. The predicted molar refractivity (Wildman–Crippen MR) is 31.1 cm³/mol. The van der Waals surface area contributed by atoms with Crippen LogP contribution in [-0.2, 0) is 9.53 Å². The molecule has 9 heavy (non-hydrogen) atoms. The van der Waals surface area contributed by atoms with E-state index < -0.39 is 0 Å². The smallest absolute Gasteiger partial charge is 0.417 e. The van der Waals surface area contributed by atoms with Crippen molar-refractivity contribution >= 4 is 6.47 Å². The van der Waals surface area contributed by atoms with Gasteiger partial charge in [-0.25, -0.2) is 4.79 Å². The average molecular weight is 126 g/mol. The van der Waals surface area contributed by atoms with Crippen molar-refractivity contribution in [3.8, 4) is 6.07 Å². The molecule has 0 amide bonds. The average Bonchev–Trinajstić information content (AvgIpc) is 1.89. The zero-order valence-electron chi connectivity index (χ0n) is 5.09. The van der Waals surface area contributed by atoms with Crippen molar-refractivity contribution in [1.29, 1.82) is 5.26 Å². The molecule has 0 spiro atoms. The number of carbonyl (C=O) groups excluding carboxylic acids is 1. The molecule has 0 aromatic carbocycles. The number of hydrogen-bond acceptors (Lipinski definition) is 3. The Balaban J connectivity index is 2.76. The van der Waals surface area contributed by atoms with E-state index in [4.69, 9.17) is 5.26 Å². The van der Waals surface area contributed by atoms with Crippen LogP contribution in [0.3, 0.4) is 0 Å². The van der Waals surface area contributed by atoms with Crippen LogP contribution in [0.5, 0.6) is 0 Å². The highest BCUT2D eigenvalue weighted by Gasteiger charge is 1.86. The van der Waals surface area contributed by atoms with Crippen LogP contribution in [0, 0.1) is 11.3 Å². The zero-order valence-corrected chi connectivity index (χ0v) is 5.09. The molecule has 3 nitrogen and oxygen atoms in total. The maximum atomic E-state index is 9.43. The van der Waals surface area contributed by atoms with Gasteiger partial charge in [0.15, 0.2) is 0 Å². The highest BCUT2D eigenvalue weighted by atomic mass is 16.5. The number of nitriles is 1. The molecule has 0 aliphatic rings. The van der Waals surface area contributed by atoms with E-state index in [0.29, 0.717) is 13.0 Å². The van der Waals surface area contributed by atoms with Crippen LogP contribution in [0.2, 0.25) is 0 Å². The standard InChI is InChI=1S/C6H8NO2/c7-4-2-1-3-5-9-6-8/h1-3,5H2. The van der Waals surface area contributed by atoms with Crippen LogP contribution in [0.15, 0.2) is 0 Å². The third-order valence-electron chi connectivity index (χ3n) is 0.844. The molecule has 0 aliphatic heterocycles. The molecule has 0 atom stereocenters. The highest BCUT2D eigenvalue weighted by molar-refractivity contribution is 5.37. The summed E-state index contributed by atoms with van der Waals surface area (Å²) in [5.41, 5.74) is 0. The van der Waals surface area contributed by atoms with E-state index in [1.165, 1.54) is 6.47 Å². The van der Waals surface area contributed by atoms with Gasteiger partial charge < -0.3 is 4.74 Å². The quantitative estimate of drug-likeness (QED) is 0.511. The fourth-order valence-corrected chi connectivity index (χ4v) is 0.420. The van der Waals surface area contributed by atoms with Crippen LogP contribution in [0.4, 0.5) is 0 Å². The maximum Gasteiger partial charge on any atom is 0.417 e. The Kier molecular flexibility index (Phi) is 6.16. The predicted octanol–water partition coefficient (Wildman–Crippen LogP) is 0.764. The Morgan fingerprint density at radius 1 is 1.44 bits per heavy atom. The number of nitrogens with zero attached hydrogens (tertiary/aromatic N) is 1. The summed E-state index contributed by atoms with van der Waals surface area (Å²) in [5, 5.41) is 8.05. The molecule has 3 heteroatoms. The molecule has 0 aliphatic carbocycles. The van der Waals surface area contributed by atoms with Crippen LogP contribution in [-0.4, -0.2) is 13.1 Å². The van der Waals surface area contributed by atoms with Gasteiger partial charge in [-0.2, -0.15) is 5.26 Å². The van der Waals surface area contributed by atoms with Gasteiger partial charge in [-0.3, -0.25) is 0 Å². The minimum absolute atomic E-state index is 0.380. The molecular formula is C6H8NO2. The number of hydrogen-bond donors (Lipinski definition) is 0. The SMILES string of the molecule is N#CCCCCO[C]=O. The van der Waals surface area contributed by atoms with Crippen LogP contribution < -0.4 is 0 Å². The normalized spacial score (nSPS) is 7.89. The fourth-order valence-electron chi connectivity index (χ4n) is 0.420. The minimum atomic E-state index is 0.380. The first-order valence-corrected chi connectivity index (χ1v) is 2.77. The Morgan fingerprint density at radius 3 is 2.78 bits per heavy atom. The summed E-state index contributed by atoms with van der Waals surface area (Å²) in [4.78, 5) is 9.43. The Bertz CT molecular complexity index is 106. The molecule has 0 bridgehead atoms. The van der Waals surface area contributed by atoms with Crippen molar-refractivity contribution in [3.63, 3.8) is 0 Å². The molecule has 49 valence electrons. The van der Waals surface area contributed by atoms with Gasteiger partial charge in [-0.15, -0.1) is 0 Å². The maximum absolute atomic E-state index is 9.43. The molecule has 0 aromatic rings. The molecule has 1 radical (unpaired) electrons. The van der Waals surface area contributed by atoms with Gasteiger partial charge in [-0.1, -0.05) is 0 Å². The summed E-state index contributed by atoms with van der Waals surface area (Å²) in [6.45, 7) is 1.69. The lowest BCUT2D eigenvalue weighted by Crippen LogP contribution is -1.90. The minimum Gasteiger partial charge on any atom is -0.457 e. The number of rotatable bonds is 5. The molecule has 0 saturated carbocycles. The Hall–Kier alpha value is -1.04. The van der Waals surface area contributed by atoms with Gasteiger partial charge in [0, 0.05) is 6.42 Å². The second kappa shape index (κ2) is 6.96. The highest BCUT2D eigenvalue weighted by Crippen LogP contribution is 1.92. The van der Waals surface area contributed by atoms with E-state index >= 15 is 0 Å². The van der Waals surface area contributed by atoms with E-state index in [0.717, 1.165) is 12.8 Å². The first-order valence-electron chi connectivity index (χ1n) is 2.77. The lowest BCUT2D eigenvalue weighted by Gasteiger charge is -1.91. The molecule has 0 rings (SSSR count). The van der Waals surface area contributed by atoms with E-state index in [1.807, 2.05) is 6.07 Å². The van der Waals surface area contributed by atoms with Gasteiger partial charge in [0.2, 0.25) is 0 Å². The largest absolute Gasteiger partial charge is 0.457 e. The Labute approximate surface area is 54.2 Å². The van der Waals surface area contributed by atoms with Gasteiger partial charge >= 0.3 is 6.47 Å². The first-order chi connectivity index (χ1) is 4.41. The van der Waals surface area contributed by atoms with Crippen molar-refractivity contribution in [2.24, 2.45) is 0 Å². The third kappa shape index (κ3) is 6.96. The number of unbranched alkanes of at least 4 members (excludes halogenated alkanes) is 2. The van der Waals surface area contributed by atoms with Crippen molar-refractivity contribution in [3.05, 3.63) is 0 Å². The topological polar surface area (TPSA) is 50.1 Å². The molecule has 0 saturated heterocycles. The third-order valence-corrected chi connectivity index (χ3v) is 0.844. The van der Waals surface area contributed by atoms with Crippen molar-refractivity contribution in [2.45, 2.75) is 19.3 Å². The van der Waals surface area contributed by atoms with E-state index in [1.54, 1.807) is 0 Å².